The van der Waals surface area contributed by atoms with Gasteiger partial charge < -0.3 is 5.32 Å². The third-order valence-electron chi connectivity index (χ3n) is 5.10. The molecule has 1 aliphatic heterocycles. The number of imide groups is 1. The summed E-state index contributed by atoms with van der Waals surface area (Å²) in [5, 5.41) is 3.09. The molecule has 0 spiro atoms. The molecular formula is C22H18ClFN2O3S. The molecule has 1 aliphatic carbocycles. The van der Waals surface area contributed by atoms with Crippen molar-refractivity contribution < 1.29 is 18.8 Å². The molecule has 3 amide bonds. The first-order valence-electron chi connectivity index (χ1n) is 9.46. The van der Waals surface area contributed by atoms with Crippen LogP contribution in [-0.4, -0.2) is 35.0 Å². The lowest BCUT2D eigenvalue weighted by Gasteiger charge is -2.13. The Hall–Kier alpha value is -2.64. The number of amides is 3. The highest BCUT2D eigenvalue weighted by Crippen LogP contribution is 2.47. The Morgan fingerprint density at radius 1 is 1.17 bits per heavy atom. The predicted molar refractivity (Wildman–Crippen MR) is 114 cm³/mol. The molecule has 8 heteroatoms. The van der Waals surface area contributed by atoms with Gasteiger partial charge in [0.25, 0.3) is 11.1 Å². The van der Waals surface area contributed by atoms with Gasteiger partial charge in [-0.15, -0.1) is 0 Å². The van der Waals surface area contributed by atoms with Gasteiger partial charge in [0.1, 0.15) is 5.82 Å². The van der Waals surface area contributed by atoms with Crippen molar-refractivity contribution in [1.29, 1.82) is 0 Å². The van der Waals surface area contributed by atoms with Crippen molar-refractivity contribution in [2.24, 2.45) is 5.92 Å². The van der Waals surface area contributed by atoms with Crippen molar-refractivity contribution in [1.82, 2.24) is 10.2 Å². The van der Waals surface area contributed by atoms with Crippen molar-refractivity contribution in [2.45, 2.75) is 12.3 Å². The van der Waals surface area contributed by atoms with Crippen LogP contribution >= 0.6 is 23.4 Å². The van der Waals surface area contributed by atoms with E-state index in [1.54, 1.807) is 6.08 Å². The molecule has 2 aromatic rings. The normalized spacial score (nSPS) is 21.9. The number of carbonyl (C=O) groups excluding carboxylic acids is 3. The van der Waals surface area contributed by atoms with Gasteiger partial charge in [-0.25, -0.2) is 4.39 Å². The molecule has 30 heavy (non-hydrogen) atoms. The first-order chi connectivity index (χ1) is 14.4. The average molecular weight is 445 g/mol. The topological polar surface area (TPSA) is 66.5 Å². The largest absolute Gasteiger partial charge is 0.354 e. The first kappa shape index (κ1) is 20.6. The second-order valence-corrected chi connectivity index (χ2v) is 8.61. The quantitative estimate of drug-likeness (QED) is 0.669. The third-order valence-corrected chi connectivity index (χ3v) is 6.26. The molecule has 2 aromatic carbocycles. The van der Waals surface area contributed by atoms with Crippen LogP contribution in [0.3, 0.4) is 0 Å². The number of halogens is 2. The lowest BCUT2D eigenvalue weighted by Crippen LogP contribution is -2.37. The van der Waals surface area contributed by atoms with E-state index in [-0.39, 0.29) is 46.8 Å². The Balaban J connectivity index is 1.28. The Labute approximate surface area is 182 Å². The second kappa shape index (κ2) is 8.62. The Morgan fingerprint density at radius 2 is 1.87 bits per heavy atom. The number of benzene rings is 2. The minimum absolute atomic E-state index is 0.0798. The molecule has 2 fully saturated rings. The molecule has 2 atom stereocenters. The summed E-state index contributed by atoms with van der Waals surface area (Å²) in [5.41, 5.74) is 1.72. The molecule has 1 heterocycles. The van der Waals surface area contributed by atoms with Crippen LogP contribution in [0.5, 0.6) is 0 Å². The van der Waals surface area contributed by atoms with E-state index in [4.69, 9.17) is 11.6 Å². The number of hydrogen-bond acceptors (Lipinski definition) is 4. The number of rotatable bonds is 6. The van der Waals surface area contributed by atoms with Crippen molar-refractivity contribution in [3.8, 4) is 0 Å². The maximum Gasteiger partial charge on any atom is 0.293 e. The van der Waals surface area contributed by atoms with Gasteiger partial charge >= 0.3 is 0 Å². The van der Waals surface area contributed by atoms with Gasteiger partial charge in [-0.3, -0.25) is 19.3 Å². The van der Waals surface area contributed by atoms with Crippen molar-refractivity contribution in [3.63, 3.8) is 0 Å². The summed E-state index contributed by atoms with van der Waals surface area (Å²) >= 11 is 6.73. The lowest BCUT2D eigenvalue weighted by molar-refractivity contribution is -0.124. The Bertz CT molecular complexity index is 1020. The van der Waals surface area contributed by atoms with Gasteiger partial charge in [0.15, 0.2) is 0 Å². The number of hydrogen-bond donors (Lipinski definition) is 1. The number of nitrogens with one attached hydrogen (secondary N) is 1. The van der Waals surface area contributed by atoms with Crippen LogP contribution in [0.2, 0.25) is 5.02 Å². The summed E-state index contributed by atoms with van der Waals surface area (Å²) in [6, 6.07) is 13.1. The van der Waals surface area contributed by atoms with Crippen molar-refractivity contribution in [2.75, 3.05) is 13.1 Å². The average Bonchev–Trinajstić information content (AvgIpc) is 3.48. The zero-order chi connectivity index (χ0) is 21.3. The van der Waals surface area contributed by atoms with Gasteiger partial charge in [-0.2, -0.15) is 0 Å². The van der Waals surface area contributed by atoms with Crippen molar-refractivity contribution in [3.05, 3.63) is 75.4 Å². The van der Waals surface area contributed by atoms with Gasteiger partial charge in [0, 0.05) is 24.0 Å². The van der Waals surface area contributed by atoms with E-state index >= 15 is 0 Å². The fraction of sp³-hybridized carbons (Fsp3) is 0.227. The monoisotopic (exact) mass is 444 g/mol. The summed E-state index contributed by atoms with van der Waals surface area (Å²) in [4.78, 5) is 38.4. The van der Waals surface area contributed by atoms with E-state index in [0.29, 0.717) is 10.6 Å². The van der Waals surface area contributed by atoms with Crippen LogP contribution in [0.15, 0.2) is 53.4 Å². The fourth-order valence-electron chi connectivity index (χ4n) is 3.39. The predicted octanol–water partition coefficient (Wildman–Crippen LogP) is 4.44. The molecule has 2 unspecified atom stereocenters. The van der Waals surface area contributed by atoms with E-state index in [2.05, 4.69) is 5.32 Å². The standard InChI is InChI=1S/C22H18ClFN2O3S/c23-15-5-3-14(4-6-15)17-12-18(17)20(27)25-9-10-26-21(28)19(30-22(26)29)11-13-1-7-16(24)8-2-13/h1-8,11,17-18H,9-10,12H2,(H,25,27). The molecule has 154 valence electrons. The van der Waals surface area contributed by atoms with Crippen molar-refractivity contribution >= 4 is 46.5 Å². The zero-order valence-corrected chi connectivity index (χ0v) is 17.4. The summed E-state index contributed by atoms with van der Waals surface area (Å²) in [7, 11) is 0. The van der Waals surface area contributed by atoms with E-state index in [9.17, 15) is 18.8 Å². The molecule has 0 bridgehead atoms. The molecule has 0 aromatic heterocycles. The van der Waals surface area contributed by atoms with Gasteiger partial charge in [-0.05, 0) is 65.6 Å². The molecule has 1 N–H and O–H groups in total. The molecule has 0 radical (unpaired) electrons. The summed E-state index contributed by atoms with van der Waals surface area (Å²) in [6.07, 6.45) is 2.33. The minimum atomic E-state index is -0.408. The van der Waals surface area contributed by atoms with Crippen LogP contribution < -0.4 is 5.32 Å². The lowest BCUT2D eigenvalue weighted by atomic mass is 10.1. The van der Waals surface area contributed by atoms with Gasteiger partial charge in [0.05, 0.1) is 4.91 Å². The second-order valence-electron chi connectivity index (χ2n) is 7.18. The van der Waals surface area contributed by atoms with Gasteiger partial charge in [-0.1, -0.05) is 35.9 Å². The number of carbonyl (C=O) groups is 3. The summed E-state index contributed by atoms with van der Waals surface area (Å²) in [6.45, 7) is 0.306. The Morgan fingerprint density at radius 3 is 2.57 bits per heavy atom. The fourth-order valence-corrected chi connectivity index (χ4v) is 4.38. The van der Waals surface area contributed by atoms with Crippen LogP contribution in [0.1, 0.15) is 23.5 Å². The minimum Gasteiger partial charge on any atom is -0.354 e. The first-order valence-corrected chi connectivity index (χ1v) is 10.7. The molecule has 2 aliphatic rings. The maximum absolute atomic E-state index is 13.0. The van der Waals surface area contributed by atoms with Crippen LogP contribution in [-0.2, 0) is 9.59 Å². The highest BCUT2D eigenvalue weighted by atomic mass is 35.5. The van der Waals surface area contributed by atoms with Crippen LogP contribution in [0.25, 0.3) is 6.08 Å². The third kappa shape index (κ3) is 4.57. The van der Waals surface area contributed by atoms with E-state index in [1.807, 2.05) is 24.3 Å². The molecular weight excluding hydrogens is 427 g/mol. The van der Waals surface area contributed by atoms with Crippen LogP contribution in [0.4, 0.5) is 9.18 Å². The number of nitrogens with zero attached hydrogens (tertiary/aromatic N) is 1. The van der Waals surface area contributed by atoms with E-state index in [0.717, 1.165) is 28.6 Å². The van der Waals surface area contributed by atoms with E-state index < -0.39 is 5.91 Å². The van der Waals surface area contributed by atoms with E-state index in [1.165, 1.54) is 24.3 Å². The number of thioether (sulfide) groups is 1. The summed E-state index contributed by atoms with van der Waals surface area (Å²) < 4.78 is 13.0. The zero-order valence-electron chi connectivity index (χ0n) is 15.8. The summed E-state index contributed by atoms with van der Waals surface area (Å²) in [5.74, 6) is -0.777. The molecule has 1 saturated carbocycles. The Kier molecular flexibility index (Phi) is 5.92. The van der Waals surface area contributed by atoms with Crippen LogP contribution in [0, 0.1) is 11.7 Å². The maximum atomic E-state index is 13.0. The molecule has 5 nitrogen and oxygen atoms in total. The molecule has 1 saturated heterocycles. The SMILES string of the molecule is O=C(NCCN1C(=O)SC(=Cc2ccc(F)cc2)C1=O)C1CC1c1ccc(Cl)cc1. The highest BCUT2D eigenvalue weighted by Gasteiger charge is 2.44. The smallest absolute Gasteiger partial charge is 0.293 e. The molecule has 4 rings (SSSR count). The highest BCUT2D eigenvalue weighted by molar-refractivity contribution is 8.18. The van der Waals surface area contributed by atoms with Gasteiger partial charge in [0.2, 0.25) is 5.91 Å².